The first-order chi connectivity index (χ1) is 10.8. The molecule has 0 saturated heterocycles. The second kappa shape index (κ2) is 5.78. The summed E-state index contributed by atoms with van der Waals surface area (Å²) in [5, 5.41) is 3.83. The fourth-order valence-electron chi connectivity index (χ4n) is 2.07. The first kappa shape index (κ1) is 15.7. The van der Waals surface area contributed by atoms with Crippen molar-refractivity contribution in [2.75, 3.05) is 4.72 Å². The molecule has 0 aliphatic heterocycles. The van der Waals surface area contributed by atoms with Gasteiger partial charge >= 0.3 is 0 Å². The third-order valence-corrected chi connectivity index (χ3v) is 5.90. The van der Waals surface area contributed by atoms with E-state index in [0.717, 1.165) is 5.56 Å². The Morgan fingerprint density at radius 2 is 1.83 bits per heavy atom. The fourth-order valence-corrected chi connectivity index (χ4v) is 4.65. The zero-order valence-electron chi connectivity index (χ0n) is 12.8. The smallest absolute Gasteiger partial charge is 0.263 e. The molecule has 2 heterocycles. The van der Waals surface area contributed by atoms with Gasteiger partial charge in [-0.25, -0.2) is 8.42 Å². The van der Waals surface area contributed by atoms with Crippen molar-refractivity contribution in [1.82, 2.24) is 10.1 Å². The summed E-state index contributed by atoms with van der Waals surface area (Å²) in [4.78, 5) is 5.68. The van der Waals surface area contributed by atoms with Gasteiger partial charge in [-0.2, -0.15) is 4.98 Å². The van der Waals surface area contributed by atoms with Crippen molar-refractivity contribution in [2.24, 2.45) is 0 Å². The van der Waals surface area contributed by atoms with Crippen LogP contribution >= 0.6 is 11.3 Å². The standard InChI is InChI=1S/C15H15N3O3S2/c1-9-4-6-12(7-5-9)18-23(19,20)14-8-13(22-10(14)2)15-16-11(3)21-17-15/h4-8,18H,1-3H3. The van der Waals surface area contributed by atoms with Crippen molar-refractivity contribution in [1.29, 1.82) is 0 Å². The van der Waals surface area contributed by atoms with E-state index in [2.05, 4.69) is 14.9 Å². The third-order valence-electron chi connectivity index (χ3n) is 3.21. The molecular weight excluding hydrogens is 334 g/mol. The lowest BCUT2D eigenvalue weighted by Gasteiger charge is -2.07. The molecule has 0 unspecified atom stereocenters. The lowest BCUT2D eigenvalue weighted by Crippen LogP contribution is -2.13. The molecule has 23 heavy (non-hydrogen) atoms. The van der Waals surface area contributed by atoms with Gasteiger partial charge in [-0.15, -0.1) is 11.3 Å². The number of hydrogen-bond donors (Lipinski definition) is 1. The summed E-state index contributed by atoms with van der Waals surface area (Å²) in [5.41, 5.74) is 1.59. The number of rotatable bonds is 4. The minimum atomic E-state index is -3.66. The molecule has 6 nitrogen and oxygen atoms in total. The number of aryl methyl sites for hydroxylation is 3. The summed E-state index contributed by atoms with van der Waals surface area (Å²) in [7, 11) is -3.66. The number of hydrogen-bond acceptors (Lipinski definition) is 6. The van der Waals surface area contributed by atoms with E-state index >= 15 is 0 Å². The molecule has 3 aromatic rings. The van der Waals surface area contributed by atoms with Crippen LogP contribution in [0.2, 0.25) is 0 Å². The van der Waals surface area contributed by atoms with Gasteiger partial charge in [0.2, 0.25) is 11.7 Å². The Morgan fingerprint density at radius 3 is 2.43 bits per heavy atom. The van der Waals surface area contributed by atoms with Crippen LogP contribution in [0.15, 0.2) is 39.8 Å². The van der Waals surface area contributed by atoms with Crippen LogP contribution in [-0.2, 0) is 10.0 Å². The minimum absolute atomic E-state index is 0.223. The highest BCUT2D eigenvalue weighted by molar-refractivity contribution is 7.93. The first-order valence-electron chi connectivity index (χ1n) is 6.86. The van der Waals surface area contributed by atoms with E-state index in [9.17, 15) is 8.42 Å². The molecular formula is C15H15N3O3S2. The van der Waals surface area contributed by atoms with Gasteiger partial charge in [-0.1, -0.05) is 22.9 Å². The SMILES string of the molecule is Cc1ccc(NS(=O)(=O)c2cc(-c3noc(C)n3)sc2C)cc1. The summed E-state index contributed by atoms with van der Waals surface area (Å²) < 4.78 is 32.7. The quantitative estimate of drug-likeness (QED) is 0.779. The van der Waals surface area contributed by atoms with Gasteiger partial charge in [0.05, 0.1) is 4.88 Å². The summed E-state index contributed by atoms with van der Waals surface area (Å²) in [6.07, 6.45) is 0. The van der Waals surface area contributed by atoms with Gasteiger partial charge in [0, 0.05) is 17.5 Å². The number of benzene rings is 1. The van der Waals surface area contributed by atoms with Crippen LogP contribution in [0.4, 0.5) is 5.69 Å². The van der Waals surface area contributed by atoms with Crippen molar-refractivity contribution in [3.8, 4) is 10.7 Å². The monoisotopic (exact) mass is 349 g/mol. The molecule has 120 valence electrons. The van der Waals surface area contributed by atoms with Gasteiger partial charge in [0.15, 0.2) is 0 Å². The second-order valence-electron chi connectivity index (χ2n) is 5.14. The molecule has 0 radical (unpaired) electrons. The van der Waals surface area contributed by atoms with E-state index < -0.39 is 10.0 Å². The maximum atomic E-state index is 12.6. The van der Waals surface area contributed by atoms with Crippen LogP contribution in [0.3, 0.4) is 0 Å². The van der Waals surface area contributed by atoms with E-state index in [1.165, 1.54) is 11.3 Å². The predicted octanol–water partition coefficient (Wildman–Crippen LogP) is 3.52. The molecule has 0 bridgehead atoms. The molecule has 0 saturated carbocycles. The molecule has 2 aromatic heterocycles. The molecule has 0 fully saturated rings. The molecule has 0 aliphatic rings. The predicted molar refractivity (Wildman–Crippen MR) is 89.1 cm³/mol. The molecule has 0 aliphatic carbocycles. The topological polar surface area (TPSA) is 85.1 Å². The molecule has 3 rings (SSSR count). The molecule has 1 aromatic carbocycles. The van der Waals surface area contributed by atoms with Crippen molar-refractivity contribution in [2.45, 2.75) is 25.7 Å². The Labute approximate surface area is 138 Å². The van der Waals surface area contributed by atoms with Crippen molar-refractivity contribution >= 4 is 27.0 Å². The Hall–Kier alpha value is -2.19. The number of aromatic nitrogens is 2. The Bertz CT molecular complexity index is 941. The van der Waals surface area contributed by atoms with Crippen LogP contribution in [-0.4, -0.2) is 18.6 Å². The van der Waals surface area contributed by atoms with Crippen LogP contribution in [0, 0.1) is 20.8 Å². The van der Waals surface area contributed by atoms with Crippen LogP contribution < -0.4 is 4.72 Å². The zero-order chi connectivity index (χ0) is 16.6. The zero-order valence-corrected chi connectivity index (χ0v) is 14.5. The number of sulfonamides is 1. The molecule has 0 spiro atoms. The van der Waals surface area contributed by atoms with Gasteiger partial charge < -0.3 is 4.52 Å². The van der Waals surface area contributed by atoms with E-state index in [0.29, 0.717) is 27.2 Å². The molecule has 8 heteroatoms. The highest BCUT2D eigenvalue weighted by atomic mass is 32.2. The molecule has 0 atom stereocenters. The van der Waals surface area contributed by atoms with Crippen molar-refractivity contribution in [3.63, 3.8) is 0 Å². The number of anilines is 1. The van der Waals surface area contributed by atoms with E-state index in [1.807, 2.05) is 19.1 Å². The highest BCUT2D eigenvalue weighted by Crippen LogP contribution is 2.32. The second-order valence-corrected chi connectivity index (χ2v) is 8.05. The summed E-state index contributed by atoms with van der Waals surface area (Å²) >= 11 is 1.32. The maximum Gasteiger partial charge on any atom is 0.263 e. The van der Waals surface area contributed by atoms with Gasteiger partial charge in [-0.05, 0) is 32.0 Å². The maximum absolute atomic E-state index is 12.6. The number of nitrogens with zero attached hydrogens (tertiary/aromatic N) is 2. The number of thiophene rings is 1. The number of nitrogens with one attached hydrogen (secondary N) is 1. The van der Waals surface area contributed by atoms with Gasteiger partial charge in [0.1, 0.15) is 4.90 Å². The molecule has 0 amide bonds. The van der Waals surface area contributed by atoms with E-state index in [-0.39, 0.29) is 4.90 Å². The van der Waals surface area contributed by atoms with Crippen LogP contribution in [0.5, 0.6) is 0 Å². The Kier molecular flexibility index (Phi) is 3.95. The summed E-state index contributed by atoms with van der Waals surface area (Å²) in [5.74, 6) is 0.834. The molecule has 1 N–H and O–H groups in total. The summed E-state index contributed by atoms with van der Waals surface area (Å²) in [6, 6.07) is 8.74. The Balaban J connectivity index is 1.94. The average molecular weight is 349 g/mol. The average Bonchev–Trinajstić information content (AvgIpc) is 3.07. The van der Waals surface area contributed by atoms with E-state index in [1.54, 1.807) is 32.0 Å². The van der Waals surface area contributed by atoms with Crippen LogP contribution in [0.1, 0.15) is 16.3 Å². The normalized spacial score (nSPS) is 11.6. The highest BCUT2D eigenvalue weighted by Gasteiger charge is 2.22. The lowest BCUT2D eigenvalue weighted by molar-refractivity contribution is 0.394. The largest absolute Gasteiger partial charge is 0.339 e. The summed E-state index contributed by atoms with van der Waals surface area (Å²) in [6.45, 7) is 5.39. The van der Waals surface area contributed by atoms with Gasteiger partial charge in [-0.3, -0.25) is 4.72 Å². The fraction of sp³-hybridized carbons (Fsp3) is 0.200. The van der Waals surface area contributed by atoms with E-state index in [4.69, 9.17) is 4.52 Å². The lowest BCUT2D eigenvalue weighted by atomic mass is 10.2. The van der Waals surface area contributed by atoms with Crippen LogP contribution in [0.25, 0.3) is 10.7 Å². The van der Waals surface area contributed by atoms with Crippen molar-refractivity contribution in [3.05, 3.63) is 46.7 Å². The van der Waals surface area contributed by atoms with Crippen molar-refractivity contribution < 1.29 is 12.9 Å². The van der Waals surface area contributed by atoms with Gasteiger partial charge in [0.25, 0.3) is 10.0 Å². The third kappa shape index (κ3) is 3.27. The first-order valence-corrected chi connectivity index (χ1v) is 9.16. The Morgan fingerprint density at radius 1 is 1.13 bits per heavy atom. The minimum Gasteiger partial charge on any atom is -0.339 e.